The first-order chi connectivity index (χ1) is 12.0. The second-order valence-electron chi connectivity index (χ2n) is 6.62. The van der Waals surface area contributed by atoms with E-state index in [2.05, 4.69) is 0 Å². The molecule has 1 N–H and O–H groups in total. The van der Waals surface area contributed by atoms with Crippen molar-refractivity contribution in [2.24, 2.45) is 0 Å². The summed E-state index contributed by atoms with van der Waals surface area (Å²) in [6.07, 6.45) is 0. The first-order valence-corrected chi connectivity index (χ1v) is 9.13. The number of halogens is 6. The molecule has 2 aromatic rings. The lowest BCUT2D eigenvalue weighted by atomic mass is 10.1. The number of rotatable bonds is 2. The molecule has 10 heteroatoms. The number of carbonyl (C=O) groups is 2. The zero-order valence-corrected chi connectivity index (χ0v) is 19.7. The average Bonchev–Trinajstić information content (AvgIpc) is 2.55. The van der Waals surface area contributed by atoms with Crippen LogP contribution in [0.4, 0.5) is 0 Å². The van der Waals surface area contributed by atoms with Crippen LogP contribution in [-0.2, 0) is 0 Å². The van der Waals surface area contributed by atoms with Gasteiger partial charge in [-0.05, 0) is 51.1 Å². The van der Waals surface area contributed by atoms with Gasteiger partial charge >= 0.3 is 11.8 Å². The summed E-state index contributed by atoms with van der Waals surface area (Å²) in [5.41, 5.74) is -0.237. The zero-order valence-electron chi connectivity index (χ0n) is 15.1. The Balaban J connectivity index is 0.00000364. The molecule has 2 aromatic carbocycles. The van der Waals surface area contributed by atoms with Crippen LogP contribution in [0, 0.1) is 0 Å². The Labute approximate surface area is 196 Å². The summed E-state index contributed by atoms with van der Waals surface area (Å²) in [6.45, 7) is 5.36. The lowest BCUT2D eigenvalue weighted by Crippen LogP contribution is -3.25. The molecule has 1 atom stereocenters. The zero-order chi connectivity index (χ0) is 19.6. The van der Waals surface area contributed by atoms with E-state index in [4.69, 9.17) is 46.6 Å². The minimum atomic E-state index is -0.718. The fourth-order valence-corrected chi connectivity index (χ4v) is 3.29. The highest BCUT2D eigenvalue weighted by atomic mass is 35.5. The van der Waals surface area contributed by atoms with E-state index in [0.717, 1.165) is 4.53 Å². The predicted octanol–water partition coefficient (Wildman–Crippen LogP) is 2.11. The van der Waals surface area contributed by atoms with Gasteiger partial charge in [0.15, 0.2) is 0 Å². The lowest BCUT2D eigenvalue weighted by Gasteiger charge is -2.33. The van der Waals surface area contributed by atoms with Crippen molar-refractivity contribution >= 4 is 70.8 Å². The van der Waals surface area contributed by atoms with Gasteiger partial charge in [0.1, 0.15) is 11.1 Å². The van der Waals surface area contributed by atoms with Crippen LogP contribution >= 0.6 is 59.0 Å². The number of hydrogen-bond donors (Lipinski definition) is 1. The Hall–Kier alpha value is -0.720. The maximum Gasteiger partial charge on any atom is 0.371 e. The quantitative estimate of drug-likeness (QED) is 0.501. The summed E-state index contributed by atoms with van der Waals surface area (Å²) in [6, 6.07) is 11.0. The summed E-state index contributed by atoms with van der Waals surface area (Å²) in [7, 11) is 0. The molecule has 0 aliphatic rings. The highest BCUT2D eigenvalue weighted by Crippen LogP contribution is 2.23. The van der Waals surface area contributed by atoms with Crippen LogP contribution in [0.5, 0.6) is 0 Å². The third kappa shape index (κ3) is 6.14. The molecule has 0 fully saturated rings. The molecule has 0 bridgehead atoms. The third-order valence-electron chi connectivity index (χ3n) is 3.59. The fraction of sp³-hybridized carbons (Fsp3) is 0.222. The molecule has 28 heavy (non-hydrogen) atoms. The topological polar surface area (TPSA) is 41.8 Å². The second kappa shape index (κ2) is 10.9. The monoisotopic (exact) mass is 504 g/mol. The summed E-state index contributed by atoms with van der Waals surface area (Å²) in [5, 5.41) is 0.920. The van der Waals surface area contributed by atoms with E-state index in [1.165, 1.54) is 18.2 Å². The molecule has 0 saturated heterocycles. The van der Waals surface area contributed by atoms with Crippen LogP contribution in [0.25, 0.3) is 0 Å². The number of carbonyl (C=O) groups excluding carboxylic acids is 2. The molecule has 0 heterocycles. The molecule has 2 rings (SSSR count). The standard InChI is InChI=1S/C18H16Cl4N2O2.2ClH/c1-18(2,3)23(17(26)12-6-4-5-7-13(12)19)24(22)16(25)11-8-9-14(20)15(21)10-11;;/h4-10H,1-3H3;2*1H. The van der Waals surface area contributed by atoms with Crippen LogP contribution in [0.2, 0.25) is 15.1 Å². The van der Waals surface area contributed by atoms with E-state index in [9.17, 15) is 9.59 Å². The van der Waals surface area contributed by atoms with Crippen molar-refractivity contribution in [3.8, 4) is 0 Å². The number of hydrogen-bond acceptors (Lipinski definition) is 2. The molecule has 0 radical (unpaired) electrons. The summed E-state index contributed by atoms with van der Waals surface area (Å²) >= 11 is 24.3. The van der Waals surface area contributed by atoms with Crippen molar-refractivity contribution in [1.82, 2.24) is 4.53 Å². The highest BCUT2D eigenvalue weighted by Gasteiger charge is 2.42. The van der Waals surface area contributed by atoms with Crippen molar-refractivity contribution in [3.05, 3.63) is 68.7 Å². The van der Waals surface area contributed by atoms with E-state index < -0.39 is 17.4 Å². The van der Waals surface area contributed by atoms with Crippen molar-refractivity contribution in [2.75, 3.05) is 0 Å². The number of quaternary nitrogens is 1. The number of benzene rings is 2. The molecular weight excluding hydrogens is 489 g/mol. The van der Waals surface area contributed by atoms with Gasteiger partial charge in [0, 0.05) is 5.56 Å². The van der Waals surface area contributed by atoms with Gasteiger partial charge in [0.05, 0.1) is 26.8 Å². The number of amides is 2. The minimum Gasteiger partial charge on any atom is -1.00 e. The Kier molecular flexibility index (Phi) is 10.6. The Morgan fingerprint density at radius 1 is 0.929 bits per heavy atom. The molecule has 2 amide bonds. The first kappa shape index (κ1) is 27.3. The van der Waals surface area contributed by atoms with Gasteiger partial charge in [0.2, 0.25) is 0 Å². The number of nitrogens with zero attached hydrogens (tertiary/aromatic N) is 1. The van der Waals surface area contributed by atoms with E-state index in [1.807, 2.05) is 0 Å². The van der Waals surface area contributed by atoms with Crippen LogP contribution in [-0.4, -0.2) is 21.9 Å². The predicted molar refractivity (Wildman–Crippen MR) is 112 cm³/mol. The second-order valence-corrected chi connectivity index (χ2v) is 8.18. The van der Waals surface area contributed by atoms with Crippen molar-refractivity contribution in [1.29, 1.82) is 0 Å². The minimum absolute atomic E-state index is 0. The van der Waals surface area contributed by atoms with Crippen LogP contribution < -0.4 is 17.4 Å². The van der Waals surface area contributed by atoms with Gasteiger partial charge in [0.25, 0.3) is 0 Å². The maximum absolute atomic E-state index is 13.1. The molecule has 0 saturated carbocycles. The molecule has 1 unspecified atom stereocenters. The molecule has 0 spiro atoms. The normalized spacial score (nSPS) is 11.7. The first-order valence-electron chi connectivity index (χ1n) is 7.66. The summed E-state index contributed by atoms with van der Waals surface area (Å²) in [5.74, 6) is -1.01. The average molecular weight is 507 g/mol. The molecule has 0 aliphatic carbocycles. The molecule has 154 valence electrons. The van der Waals surface area contributed by atoms with Gasteiger partial charge in [-0.3, -0.25) is 4.79 Å². The molecule has 4 nitrogen and oxygen atoms in total. The van der Waals surface area contributed by atoms with Gasteiger partial charge in [-0.25, -0.2) is 4.79 Å². The SMILES string of the molecule is CC(C)(C)[NH+](C(=O)c1ccccc1Cl)N(Cl)C(=O)c1ccc(Cl)c(Cl)c1.Cl.[Cl-]. The van der Waals surface area contributed by atoms with Crippen molar-refractivity contribution in [2.45, 2.75) is 26.3 Å². The highest BCUT2D eigenvalue weighted by molar-refractivity contribution is 6.42. The largest absolute Gasteiger partial charge is 1.00 e. The van der Waals surface area contributed by atoms with Crippen LogP contribution in [0.3, 0.4) is 0 Å². The van der Waals surface area contributed by atoms with E-state index in [-0.39, 0.29) is 51.0 Å². The molecule has 0 aromatic heterocycles. The third-order valence-corrected chi connectivity index (χ3v) is 4.98. The smallest absolute Gasteiger partial charge is 0.371 e. The van der Waals surface area contributed by atoms with Gasteiger partial charge in [-0.15, -0.1) is 17.4 Å². The Morgan fingerprint density at radius 2 is 1.50 bits per heavy atom. The molecular formula is C18H18Cl6N2O2. The lowest BCUT2D eigenvalue weighted by molar-refractivity contribution is -0.951. The van der Waals surface area contributed by atoms with Crippen molar-refractivity contribution in [3.63, 3.8) is 0 Å². The summed E-state index contributed by atoms with van der Waals surface area (Å²) < 4.78 is 0.825. The fourth-order valence-electron chi connectivity index (χ4n) is 2.34. The molecule has 0 aliphatic heterocycles. The maximum atomic E-state index is 13.1. The van der Waals surface area contributed by atoms with Crippen molar-refractivity contribution < 1.29 is 27.0 Å². The Morgan fingerprint density at radius 3 is 2.00 bits per heavy atom. The van der Waals surface area contributed by atoms with E-state index in [1.54, 1.807) is 45.0 Å². The van der Waals surface area contributed by atoms with E-state index in [0.29, 0.717) is 5.02 Å². The van der Waals surface area contributed by atoms with Gasteiger partial charge in [-0.2, -0.15) is 0 Å². The van der Waals surface area contributed by atoms with Crippen LogP contribution in [0.1, 0.15) is 41.5 Å². The summed E-state index contributed by atoms with van der Waals surface area (Å²) in [4.78, 5) is 25.9. The van der Waals surface area contributed by atoms with Gasteiger partial charge < -0.3 is 12.4 Å². The van der Waals surface area contributed by atoms with Crippen LogP contribution in [0.15, 0.2) is 42.5 Å². The van der Waals surface area contributed by atoms with Gasteiger partial charge in [-0.1, -0.05) is 51.5 Å². The Bertz CT molecular complexity index is 854. The van der Waals surface area contributed by atoms with E-state index >= 15 is 0 Å². The number of nitrogens with one attached hydrogen (secondary N) is 1.